The number of aliphatic hydroxyl groups is 1. The Kier molecular flexibility index (Phi) is 35.3. The van der Waals surface area contributed by atoms with E-state index in [-0.39, 0.29) is 25.1 Å². The average molecular weight is 669 g/mol. The van der Waals surface area contributed by atoms with Crippen molar-refractivity contribution >= 4 is 11.9 Å². The molecule has 0 fully saturated rings. The number of hydrogen-bond donors (Lipinski definition) is 1. The Morgan fingerprint density at radius 2 is 0.638 bits per heavy atom. The Bertz CT molecular complexity index is 614. The maximum absolute atomic E-state index is 12.7. The molecule has 0 saturated carbocycles. The molecule has 6 nitrogen and oxygen atoms in total. The molecule has 0 atom stereocenters. The molecule has 0 radical (unpaired) electrons. The van der Waals surface area contributed by atoms with Crippen LogP contribution in [0, 0.1) is 0 Å². The third-order valence-electron chi connectivity index (χ3n) is 9.51. The second kappa shape index (κ2) is 36.1. The highest BCUT2D eigenvalue weighted by Crippen LogP contribution is 2.19. The van der Waals surface area contributed by atoms with E-state index in [1.54, 1.807) is 0 Å². The Labute approximate surface area is 293 Å². The van der Waals surface area contributed by atoms with Gasteiger partial charge in [-0.05, 0) is 12.8 Å². The topological polar surface area (TPSA) is 72.8 Å². The lowest BCUT2D eigenvalue weighted by molar-refractivity contribution is -1.22. The molecule has 0 spiro atoms. The number of rotatable bonds is 38. The third kappa shape index (κ3) is 31.9. The summed E-state index contributed by atoms with van der Waals surface area (Å²) >= 11 is 0. The zero-order valence-corrected chi connectivity index (χ0v) is 32.0. The Balaban J connectivity index is 3.98. The van der Waals surface area contributed by atoms with Crippen LogP contribution in [0.4, 0.5) is 0 Å². The second-order valence-electron chi connectivity index (χ2n) is 14.3. The zero-order chi connectivity index (χ0) is 34.5. The van der Waals surface area contributed by atoms with Crippen LogP contribution in [0.2, 0.25) is 0 Å². The molecule has 0 aliphatic heterocycles. The maximum Gasteiger partial charge on any atom is 0.372 e. The number of unbranched alkanes of at least 4 members (excludes halogenated alkanes) is 28. The maximum atomic E-state index is 12.7. The van der Waals surface area contributed by atoms with E-state index in [1.165, 1.54) is 154 Å². The molecule has 6 heteroatoms. The highest BCUT2D eigenvalue weighted by molar-refractivity contribution is 5.69. The highest BCUT2D eigenvalue weighted by Gasteiger charge is 2.37. The molecule has 47 heavy (non-hydrogen) atoms. The largest absolute Gasteiger partial charge is 0.390 e. The van der Waals surface area contributed by atoms with E-state index in [1.807, 2.05) is 6.92 Å². The van der Waals surface area contributed by atoms with Crippen molar-refractivity contribution in [2.45, 2.75) is 233 Å². The van der Waals surface area contributed by atoms with Crippen molar-refractivity contribution in [2.24, 2.45) is 0 Å². The molecule has 0 saturated heterocycles. The Morgan fingerprint density at radius 3 is 0.872 bits per heavy atom. The molecular formula is C41H82NO5+. The van der Waals surface area contributed by atoms with E-state index in [4.69, 9.17) is 9.68 Å². The minimum Gasteiger partial charge on any atom is -0.390 e. The van der Waals surface area contributed by atoms with Gasteiger partial charge in [-0.25, -0.2) is 19.3 Å². The van der Waals surface area contributed by atoms with Crippen LogP contribution in [0.3, 0.4) is 0 Å². The summed E-state index contributed by atoms with van der Waals surface area (Å²) in [6.07, 6.45) is 39.7. The van der Waals surface area contributed by atoms with Gasteiger partial charge in [-0.2, -0.15) is 0 Å². The number of aliphatic hydroxyl groups excluding tert-OH is 1. The van der Waals surface area contributed by atoms with E-state index < -0.39 is 4.81 Å². The molecule has 1 N–H and O–H groups in total. The van der Waals surface area contributed by atoms with Crippen molar-refractivity contribution in [3.63, 3.8) is 0 Å². The van der Waals surface area contributed by atoms with Crippen LogP contribution in [0.1, 0.15) is 233 Å². The molecule has 0 amide bonds. The number of hydrogen-bond acceptors (Lipinski definition) is 5. The number of carbonyl (C=O) groups is 2. The fourth-order valence-corrected chi connectivity index (χ4v) is 6.55. The van der Waals surface area contributed by atoms with Gasteiger partial charge in [0.2, 0.25) is 0 Å². The molecule has 0 rings (SSSR count). The van der Waals surface area contributed by atoms with E-state index in [2.05, 4.69) is 13.8 Å². The van der Waals surface area contributed by atoms with Gasteiger partial charge in [0.15, 0.2) is 13.1 Å². The molecule has 0 aromatic rings. The predicted molar refractivity (Wildman–Crippen MR) is 199 cm³/mol. The van der Waals surface area contributed by atoms with Crippen molar-refractivity contribution in [1.29, 1.82) is 0 Å². The summed E-state index contributed by atoms with van der Waals surface area (Å²) in [5.41, 5.74) is 0. The van der Waals surface area contributed by atoms with Crippen LogP contribution in [-0.4, -0.2) is 41.6 Å². The van der Waals surface area contributed by atoms with Crippen molar-refractivity contribution in [2.75, 3.05) is 19.7 Å². The van der Waals surface area contributed by atoms with Crippen molar-refractivity contribution in [3.8, 4) is 0 Å². The minimum atomic E-state index is -0.540. The van der Waals surface area contributed by atoms with Crippen molar-refractivity contribution in [1.82, 2.24) is 0 Å². The summed E-state index contributed by atoms with van der Waals surface area (Å²) in [6.45, 7) is 6.73. The van der Waals surface area contributed by atoms with Crippen LogP contribution in [0.25, 0.3) is 0 Å². The lowest BCUT2D eigenvalue weighted by Crippen LogP contribution is -2.52. The van der Waals surface area contributed by atoms with Gasteiger partial charge in [0.1, 0.15) is 6.61 Å². The smallest absolute Gasteiger partial charge is 0.372 e. The fourth-order valence-electron chi connectivity index (χ4n) is 6.55. The van der Waals surface area contributed by atoms with Gasteiger partial charge in [-0.1, -0.05) is 201 Å². The second-order valence-corrected chi connectivity index (χ2v) is 14.3. The first-order chi connectivity index (χ1) is 23.0. The quantitative estimate of drug-likeness (QED) is 0.0403. The molecular weight excluding hydrogens is 586 g/mol. The predicted octanol–water partition coefficient (Wildman–Crippen LogP) is 12.6. The molecule has 0 bridgehead atoms. The lowest BCUT2D eigenvalue weighted by atomic mass is 10.0. The summed E-state index contributed by atoms with van der Waals surface area (Å²) < 4.78 is 0. The first kappa shape index (κ1) is 45.9. The summed E-state index contributed by atoms with van der Waals surface area (Å²) in [6, 6.07) is 0. The van der Waals surface area contributed by atoms with Crippen molar-refractivity contribution < 1.29 is 29.2 Å². The molecule has 0 aliphatic rings. The van der Waals surface area contributed by atoms with Gasteiger partial charge < -0.3 is 5.11 Å². The van der Waals surface area contributed by atoms with E-state index in [9.17, 15) is 14.7 Å². The lowest BCUT2D eigenvalue weighted by Gasteiger charge is -2.30. The number of quaternary nitrogens is 1. The summed E-state index contributed by atoms with van der Waals surface area (Å²) in [5.74, 6) is -0.692. The summed E-state index contributed by atoms with van der Waals surface area (Å²) in [4.78, 5) is 36.4. The van der Waals surface area contributed by atoms with Gasteiger partial charge >= 0.3 is 11.9 Å². The van der Waals surface area contributed by atoms with Gasteiger partial charge in [0.05, 0.1) is 12.8 Å². The van der Waals surface area contributed by atoms with Gasteiger partial charge in [0.25, 0.3) is 0 Å². The van der Waals surface area contributed by atoms with Gasteiger partial charge in [-0.3, -0.25) is 0 Å². The van der Waals surface area contributed by atoms with E-state index >= 15 is 0 Å². The molecule has 280 valence electrons. The molecule has 0 aromatic heterocycles. The molecule has 0 unspecified atom stereocenters. The van der Waals surface area contributed by atoms with E-state index in [0.29, 0.717) is 25.8 Å². The summed E-state index contributed by atoms with van der Waals surface area (Å²) in [5, 5.41) is 9.69. The van der Waals surface area contributed by atoms with Gasteiger partial charge in [-0.15, -0.1) is 0 Å². The Morgan fingerprint density at radius 1 is 0.383 bits per heavy atom. The minimum absolute atomic E-state index is 0.0725. The third-order valence-corrected chi connectivity index (χ3v) is 9.51. The van der Waals surface area contributed by atoms with Crippen LogP contribution in [-0.2, 0) is 19.3 Å². The SMILES string of the molecule is CCCCCCCCCCCCCCCCCC(=O)O[N+](CCC)(CCO)OC(=O)CCCCCCCCCCCCCCCCC. The highest BCUT2D eigenvalue weighted by atomic mass is 17.0. The van der Waals surface area contributed by atoms with Crippen LogP contribution in [0.5, 0.6) is 0 Å². The molecule has 0 aromatic carbocycles. The number of nitrogens with zero attached hydrogens (tertiary/aromatic N) is 1. The fraction of sp³-hybridized carbons (Fsp3) is 0.951. The van der Waals surface area contributed by atoms with Crippen molar-refractivity contribution in [3.05, 3.63) is 0 Å². The first-order valence-electron chi connectivity index (χ1n) is 21.0. The normalized spacial score (nSPS) is 11.7. The summed E-state index contributed by atoms with van der Waals surface area (Å²) in [7, 11) is 0. The standard InChI is InChI=1S/C41H82NO5/c1-4-7-9-11-13-15-17-19-21-23-25-27-29-31-33-35-40(44)46-42(37-6-3,38-39-43)47-41(45)36-34-32-30-28-26-24-22-20-18-16-14-12-10-8-5-2/h43H,4-39H2,1-3H3/q+1. The average Bonchev–Trinajstić information content (AvgIpc) is 3.05. The Hall–Kier alpha value is -1.14. The monoisotopic (exact) mass is 669 g/mol. The van der Waals surface area contributed by atoms with E-state index in [0.717, 1.165) is 38.5 Å². The van der Waals surface area contributed by atoms with Crippen LogP contribution in [0.15, 0.2) is 0 Å². The zero-order valence-electron chi connectivity index (χ0n) is 32.0. The molecule has 0 aliphatic carbocycles. The number of carbonyl (C=O) groups excluding carboxylic acids is 2. The number of hydroxylamine groups is 4. The van der Waals surface area contributed by atoms with Crippen LogP contribution < -0.4 is 0 Å². The first-order valence-corrected chi connectivity index (χ1v) is 21.0. The van der Waals surface area contributed by atoms with Gasteiger partial charge in [0, 0.05) is 11.2 Å². The molecule has 0 heterocycles. The van der Waals surface area contributed by atoms with Crippen LogP contribution >= 0.6 is 0 Å².